The van der Waals surface area contributed by atoms with Crippen LogP contribution in [0.25, 0.3) is 0 Å². The molecule has 0 spiro atoms. The Hall–Kier alpha value is -1.13. The van der Waals surface area contributed by atoms with Gasteiger partial charge in [0, 0.05) is 0 Å². The number of primary amides is 1. The van der Waals surface area contributed by atoms with E-state index in [9.17, 15) is 9.18 Å². The molecule has 1 rings (SSSR count). The van der Waals surface area contributed by atoms with Crippen LogP contribution >= 0.6 is 11.6 Å². The molecule has 0 radical (unpaired) electrons. The first-order valence-corrected chi connectivity index (χ1v) is 5.30. The molecule has 1 aromatic carbocycles. The molecule has 16 heavy (non-hydrogen) atoms. The van der Waals surface area contributed by atoms with Crippen LogP contribution in [0.4, 0.5) is 4.39 Å². The average molecular weight is 245 g/mol. The molecule has 0 heterocycles. The Kier molecular flexibility index (Phi) is 3.88. The summed E-state index contributed by atoms with van der Waals surface area (Å²) >= 11 is 5.67. The SMILES string of the molecule is CCNC(C)(C(N)=O)c1ccc(F)c(Cl)c1. The van der Waals surface area contributed by atoms with Gasteiger partial charge in [-0.3, -0.25) is 4.79 Å². The summed E-state index contributed by atoms with van der Waals surface area (Å²) in [6.07, 6.45) is 0. The highest BCUT2D eigenvalue weighted by Crippen LogP contribution is 2.25. The minimum absolute atomic E-state index is 0.0251. The molecule has 1 atom stereocenters. The third-order valence-electron chi connectivity index (χ3n) is 2.52. The number of carbonyl (C=O) groups excluding carboxylic acids is 1. The summed E-state index contributed by atoms with van der Waals surface area (Å²) in [6, 6.07) is 4.12. The second kappa shape index (κ2) is 4.80. The first-order valence-electron chi connectivity index (χ1n) is 4.92. The molecule has 3 nitrogen and oxygen atoms in total. The normalized spacial score (nSPS) is 14.5. The second-order valence-corrected chi connectivity index (χ2v) is 4.06. The van der Waals surface area contributed by atoms with Gasteiger partial charge in [0.05, 0.1) is 5.02 Å². The number of benzene rings is 1. The molecule has 5 heteroatoms. The second-order valence-electron chi connectivity index (χ2n) is 3.65. The third kappa shape index (κ3) is 2.33. The van der Waals surface area contributed by atoms with Gasteiger partial charge in [-0.15, -0.1) is 0 Å². The van der Waals surface area contributed by atoms with Gasteiger partial charge in [0.1, 0.15) is 11.4 Å². The van der Waals surface area contributed by atoms with Gasteiger partial charge in [-0.2, -0.15) is 0 Å². The van der Waals surface area contributed by atoms with Crippen molar-refractivity contribution < 1.29 is 9.18 Å². The minimum atomic E-state index is -1.04. The van der Waals surface area contributed by atoms with Crippen molar-refractivity contribution in [2.75, 3.05) is 6.54 Å². The first-order chi connectivity index (χ1) is 7.41. The minimum Gasteiger partial charge on any atom is -0.368 e. The fourth-order valence-corrected chi connectivity index (χ4v) is 1.67. The largest absolute Gasteiger partial charge is 0.368 e. The highest BCUT2D eigenvalue weighted by atomic mass is 35.5. The van der Waals surface area contributed by atoms with E-state index >= 15 is 0 Å². The molecular formula is C11H14ClFN2O. The number of hydrogen-bond donors (Lipinski definition) is 2. The van der Waals surface area contributed by atoms with E-state index in [0.717, 1.165) is 0 Å². The highest BCUT2D eigenvalue weighted by molar-refractivity contribution is 6.30. The van der Waals surface area contributed by atoms with Crippen LogP contribution in [-0.4, -0.2) is 12.5 Å². The molecular weight excluding hydrogens is 231 g/mol. The average Bonchev–Trinajstić information content (AvgIpc) is 2.22. The quantitative estimate of drug-likeness (QED) is 0.849. The summed E-state index contributed by atoms with van der Waals surface area (Å²) < 4.78 is 13.0. The van der Waals surface area contributed by atoms with Gasteiger partial charge in [-0.05, 0) is 31.2 Å². The predicted octanol–water partition coefficient (Wildman–Crippen LogP) is 1.79. The van der Waals surface area contributed by atoms with Gasteiger partial charge >= 0.3 is 0 Å². The van der Waals surface area contributed by atoms with E-state index in [4.69, 9.17) is 17.3 Å². The Morgan fingerprint density at radius 1 is 1.62 bits per heavy atom. The Morgan fingerprint density at radius 3 is 2.69 bits per heavy atom. The topological polar surface area (TPSA) is 55.1 Å². The van der Waals surface area contributed by atoms with Gasteiger partial charge in [0.25, 0.3) is 0 Å². The zero-order valence-corrected chi connectivity index (χ0v) is 9.94. The summed E-state index contributed by atoms with van der Waals surface area (Å²) in [6.45, 7) is 4.06. The van der Waals surface area contributed by atoms with Crippen molar-refractivity contribution in [3.63, 3.8) is 0 Å². The molecule has 0 aliphatic rings. The van der Waals surface area contributed by atoms with Gasteiger partial charge in [-0.25, -0.2) is 4.39 Å². The van der Waals surface area contributed by atoms with Crippen molar-refractivity contribution in [3.05, 3.63) is 34.6 Å². The van der Waals surface area contributed by atoms with Crippen molar-refractivity contribution in [3.8, 4) is 0 Å². The van der Waals surface area contributed by atoms with Crippen LogP contribution in [0.15, 0.2) is 18.2 Å². The van der Waals surface area contributed by atoms with E-state index in [0.29, 0.717) is 12.1 Å². The summed E-state index contributed by atoms with van der Waals surface area (Å²) in [5.41, 5.74) is 4.85. The molecule has 1 unspecified atom stereocenters. The van der Waals surface area contributed by atoms with E-state index < -0.39 is 17.3 Å². The maximum absolute atomic E-state index is 13.0. The molecule has 0 bridgehead atoms. The smallest absolute Gasteiger partial charge is 0.242 e. The van der Waals surface area contributed by atoms with E-state index in [1.807, 2.05) is 6.92 Å². The van der Waals surface area contributed by atoms with Crippen LogP contribution in [0, 0.1) is 5.82 Å². The standard InChI is InChI=1S/C11H14ClFN2O/c1-3-15-11(2,10(14)16)7-4-5-9(13)8(12)6-7/h4-6,15H,3H2,1-2H3,(H2,14,16). The number of carbonyl (C=O) groups is 1. The summed E-state index contributed by atoms with van der Waals surface area (Å²) in [5.74, 6) is -1.05. The number of nitrogens with two attached hydrogens (primary N) is 1. The maximum atomic E-state index is 13.0. The molecule has 0 fully saturated rings. The van der Waals surface area contributed by atoms with Crippen LogP contribution < -0.4 is 11.1 Å². The lowest BCUT2D eigenvalue weighted by atomic mass is 9.91. The monoisotopic (exact) mass is 244 g/mol. The molecule has 1 aromatic rings. The van der Waals surface area contributed by atoms with E-state index in [-0.39, 0.29) is 5.02 Å². The van der Waals surface area contributed by atoms with Crippen molar-refractivity contribution >= 4 is 17.5 Å². The van der Waals surface area contributed by atoms with Crippen LogP contribution in [0.5, 0.6) is 0 Å². The molecule has 0 saturated heterocycles. The first kappa shape index (κ1) is 12.9. The van der Waals surface area contributed by atoms with Gasteiger partial charge in [0.2, 0.25) is 5.91 Å². The predicted molar refractivity (Wildman–Crippen MR) is 61.6 cm³/mol. The Balaban J connectivity index is 3.21. The Bertz CT molecular complexity index is 411. The molecule has 3 N–H and O–H groups in total. The number of likely N-dealkylation sites (N-methyl/N-ethyl adjacent to an activating group) is 1. The molecule has 1 amide bonds. The van der Waals surface area contributed by atoms with Gasteiger partial charge in [-0.1, -0.05) is 24.6 Å². The summed E-state index contributed by atoms with van der Waals surface area (Å²) in [7, 11) is 0. The van der Waals surface area contributed by atoms with E-state index in [1.54, 1.807) is 6.92 Å². The molecule has 0 saturated carbocycles. The number of rotatable bonds is 4. The number of amides is 1. The molecule has 88 valence electrons. The molecule has 0 aliphatic heterocycles. The highest BCUT2D eigenvalue weighted by Gasteiger charge is 2.32. The number of hydrogen-bond acceptors (Lipinski definition) is 2. The maximum Gasteiger partial charge on any atom is 0.242 e. The van der Waals surface area contributed by atoms with E-state index in [2.05, 4.69) is 5.32 Å². The lowest BCUT2D eigenvalue weighted by Crippen LogP contribution is -2.50. The lowest BCUT2D eigenvalue weighted by Gasteiger charge is -2.27. The van der Waals surface area contributed by atoms with Crippen molar-refractivity contribution in [1.82, 2.24) is 5.32 Å². The van der Waals surface area contributed by atoms with Gasteiger partial charge in [0.15, 0.2) is 0 Å². The molecule has 0 aliphatic carbocycles. The third-order valence-corrected chi connectivity index (χ3v) is 2.81. The summed E-state index contributed by atoms with van der Waals surface area (Å²) in [5, 5.41) is 2.94. The summed E-state index contributed by atoms with van der Waals surface area (Å²) in [4.78, 5) is 11.4. The fourth-order valence-electron chi connectivity index (χ4n) is 1.49. The van der Waals surface area contributed by atoms with E-state index in [1.165, 1.54) is 18.2 Å². The van der Waals surface area contributed by atoms with Crippen molar-refractivity contribution in [2.24, 2.45) is 5.73 Å². The van der Waals surface area contributed by atoms with Crippen LogP contribution in [-0.2, 0) is 10.3 Å². The Morgan fingerprint density at radius 2 is 2.25 bits per heavy atom. The Labute approximate surface area is 98.8 Å². The van der Waals surface area contributed by atoms with Crippen molar-refractivity contribution in [1.29, 1.82) is 0 Å². The fraction of sp³-hybridized carbons (Fsp3) is 0.364. The zero-order chi connectivity index (χ0) is 12.3. The zero-order valence-electron chi connectivity index (χ0n) is 9.18. The van der Waals surface area contributed by atoms with Crippen LogP contribution in [0.2, 0.25) is 5.02 Å². The lowest BCUT2D eigenvalue weighted by molar-refractivity contribution is -0.124. The van der Waals surface area contributed by atoms with Crippen LogP contribution in [0.1, 0.15) is 19.4 Å². The van der Waals surface area contributed by atoms with Crippen molar-refractivity contribution in [2.45, 2.75) is 19.4 Å². The number of halogens is 2. The number of nitrogens with one attached hydrogen (secondary N) is 1. The van der Waals surface area contributed by atoms with Gasteiger partial charge < -0.3 is 11.1 Å². The molecule has 0 aromatic heterocycles. The van der Waals surface area contributed by atoms with Crippen LogP contribution in [0.3, 0.4) is 0 Å².